The Morgan fingerprint density at radius 2 is 1.59 bits per heavy atom. The zero-order chi connectivity index (χ0) is 20.6. The van der Waals surface area contributed by atoms with Crippen LogP contribution in [0.4, 0.5) is 0 Å². The first-order valence-electron chi connectivity index (χ1n) is 9.21. The van der Waals surface area contributed by atoms with Crippen LogP contribution in [-0.2, 0) is 32.7 Å². The maximum Gasteiger partial charge on any atom is 0.241 e. The van der Waals surface area contributed by atoms with Gasteiger partial charge in [-0.2, -0.15) is 4.72 Å². The van der Waals surface area contributed by atoms with Crippen molar-refractivity contribution in [3.8, 4) is 0 Å². The van der Waals surface area contributed by atoms with Crippen LogP contribution in [0.25, 0.3) is 0 Å². The van der Waals surface area contributed by atoms with Crippen LogP contribution in [0.5, 0.6) is 0 Å². The highest BCUT2D eigenvalue weighted by Crippen LogP contribution is 2.31. The number of thiophene rings is 1. The van der Waals surface area contributed by atoms with Gasteiger partial charge < -0.3 is 0 Å². The first-order chi connectivity index (χ1) is 13.7. The summed E-state index contributed by atoms with van der Waals surface area (Å²) in [5.41, 5.74) is 3.52. The van der Waals surface area contributed by atoms with Crippen molar-refractivity contribution in [3.63, 3.8) is 0 Å². The number of nitrogens with one attached hydrogen (secondary N) is 1. The first kappa shape index (κ1) is 20.3. The zero-order valence-corrected chi connectivity index (χ0v) is 18.3. The molecule has 0 saturated carbocycles. The third-order valence-electron chi connectivity index (χ3n) is 5.12. The predicted octanol–water partition coefficient (Wildman–Crippen LogP) is 3.71. The number of fused-ring (bicyclic) bond motifs is 1. The monoisotopic (exact) mass is 447 g/mol. The summed E-state index contributed by atoms with van der Waals surface area (Å²) in [4.78, 5) is 1.02. The van der Waals surface area contributed by atoms with Crippen molar-refractivity contribution in [2.75, 3.05) is 6.26 Å². The molecule has 0 saturated heterocycles. The predicted molar refractivity (Wildman–Crippen MR) is 115 cm³/mol. The fourth-order valence-electron chi connectivity index (χ4n) is 3.61. The van der Waals surface area contributed by atoms with Gasteiger partial charge in [-0.3, -0.25) is 0 Å². The van der Waals surface area contributed by atoms with Gasteiger partial charge in [0.2, 0.25) is 10.0 Å². The van der Waals surface area contributed by atoms with Crippen LogP contribution >= 0.6 is 11.3 Å². The van der Waals surface area contributed by atoms with E-state index in [-0.39, 0.29) is 9.79 Å². The highest BCUT2D eigenvalue weighted by atomic mass is 32.2. The van der Waals surface area contributed by atoms with Crippen LogP contribution in [0, 0.1) is 0 Å². The fraction of sp³-hybridized carbons (Fsp3) is 0.238. The van der Waals surface area contributed by atoms with Gasteiger partial charge in [-0.1, -0.05) is 24.3 Å². The van der Waals surface area contributed by atoms with E-state index in [0.717, 1.165) is 36.0 Å². The summed E-state index contributed by atoms with van der Waals surface area (Å²) in [6.45, 7) is 0. The lowest BCUT2D eigenvalue weighted by Crippen LogP contribution is -2.29. The number of sulfonamides is 1. The Labute approximate surface area is 175 Å². The molecule has 1 aliphatic carbocycles. The Kier molecular flexibility index (Phi) is 5.37. The molecule has 1 aromatic heterocycles. The average molecular weight is 448 g/mol. The highest BCUT2D eigenvalue weighted by Gasteiger charge is 2.25. The molecule has 0 amide bonds. The van der Waals surface area contributed by atoms with Gasteiger partial charge >= 0.3 is 0 Å². The summed E-state index contributed by atoms with van der Waals surface area (Å²) >= 11 is 1.49. The van der Waals surface area contributed by atoms with Crippen molar-refractivity contribution < 1.29 is 16.8 Å². The van der Waals surface area contributed by atoms with Crippen molar-refractivity contribution in [1.29, 1.82) is 0 Å². The molecule has 8 heteroatoms. The van der Waals surface area contributed by atoms with Crippen LogP contribution in [0.1, 0.15) is 34.0 Å². The lowest BCUT2D eigenvalue weighted by molar-refractivity contribution is 0.572. The number of benzene rings is 2. The number of rotatable bonds is 6. The fourth-order valence-corrected chi connectivity index (χ4v) is 6.32. The summed E-state index contributed by atoms with van der Waals surface area (Å²) in [6, 6.07) is 14.8. The van der Waals surface area contributed by atoms with E-state index in [1.54, 1.807) is 0 Å². The lowest BCUT2D eigenvalue weighted by Gasteiger charge is -2.19. The number of hydrogen-bond acceptors (Lipinski definition) is 5. The minimum atomic E-state index is -3.85. The van der Waals surface area contributed by atoms with Gasteiger partial charge in [0.1, 0.15) is 0 Å². The molecule has 0 spiro atoms. The van der Waals surface area contributed by atoms with Crippen molar-refractivity contribution in [2.24, 2.45) is 0 Å². The molecule has 0 unspecified atom stereocenters. The Hall–Kier alpha value is -2.00. The molecule has 1 atom stereocenters. The van der Waals surface area contributed by atoms with Crippen LogP contribution in [0.3, 0.4) is 0 Å². The van der Waals surface area contributed by atoms with E-state index < -0.39 is 25.9 Å². The summed E-state index contributed by atoms with van der Waals surface area (Å²) in [5.74, 6) is 0. The smallest absolute Gasteiger partial charge is 0.224 e. The van der Waals surface area contributed by atoms with E-state index in [2.05, 4.69) is 16.9 Å². The largest absolute Gasteiger partial charge is 0.241 e. The number of aryl methyl sites for hydroxylation is 2. The molecule has 29 heavy (non-hydrogen) atoms. The Morgan fingerprint density at radius 1 is 0.897 bits per heavy atom. The van der Waals surface area contributed by atoms with Gasteiger partial charge in [0.25, 0.3) is 0 Å². The van der Waals surface area contributed by atoms with E-state index in [9.17, 15) is 16.8 Å². The molecule has 1 heterocycles. The van der Waals surface area contributed by atoms with Crippen molar-refractivity contribution in [1.82, 2.24) is 4.72 Å². The molecule has 5 nitrogen and oxygen atoms in total. The SMILES string of the molecule is CS(=O)(=O)c1ccc(S(=O)(=O)N[C@H](c2ccc3c(c2)CCC3)c2cccs2)cc1. The molecular formula is C21H21NO4S3. The third-order valence-corrected chi connectivity index (χ3v) is 8.62. The van der Waals surface area contributed by atoms with Crippen LogP contribution in [-0.4, -0.2) is 23.1 Å². The molecule has 0 fully saturated rings. The van der Waals surface area contributed by atoms with Crippen LogP contribution in [0.2, 0.25) is 0 Å². The van der Waals surface area contributed by atoms with Crippen molar-refractivity contribution >= 4 is 31.2 Å². The Bertz CT molecular complexity index is 1230. The minimum absolute atomic E-state index is 0.0348. The summed E-state index contributed by atoms with van der Waals surface area (Å²) < 4.78 is 52.2. The first-order valence-corrected chi connectivity index (χ1v) is 13.5. The summed E-state index contributed by atoms with van der Waals surface area (Å²) in [5, 5.41) is 1.92. The molecule has 4 rings (SSSR count). The maximum absolute atomic E-state index is 13.0. The molecule has 1 aliphatic rings. The van der Waals surface area contributed by atoms with Gasteiger partial charge in [0.15, 0.2) is 9.84 Å². The van der Waals surface area contributed by atoms with E-state index in [1.165, 1.54) is 46.7 Å². The Morgan fingerprint density at radius 3 is 2.24 bits per heavy atom. The second-order valence-electron chi connectivity index (χ2n) is 7.19. The molecule has 0 bridgehead atoms. The Balaban J connectivity index is 1.69. The van der Waals surface area contributed by atoms with Gasteiger partial charge in [-0.25, -0.2) is 16.8 Å². The molecular weight excluding hydrogens is 426 g/mol. The van der Waals surface area contributed by atoms with Gasteiger partial charge in [0.05, 0.1) is 15.8 Å². The van der Waals surface area contributed by atoms with Gasteiger partial charge in [0, 0.05) is 11.1 Å². The summed E-state index contributed by atoms with van der Waals surface area (Å²) in [7, 11) is -7.23. The van der Waals surface area contributed by atoms with Crippen LogP contribution < -0.4 is 4.72 Å². The second kappa shape index (κ2) is 7.68. The minimum Gasteiger partial charge on any atom is -0.224 e. The molecule has 1 N–H and O–H groups in total. The molecule has 0 aliphatic heterocycles. The summed E-state index contributed by atoms with van der Waals surface area (Å²) in [6.07, 6.45) is 4.30. The average Bonchev–Trinajstić information content (AvgIpc) is 3.37. The zero-order valence-electron chi connectivity index (χ0n) is 15.8. The lowest BCUT2D eigenvalue weighted by atomic mass is 10.0. The van der Waals surface area contributed by atoms with Gasteiger partial charge in [-0.05, 0) is 71.7 Å². The van der Waals surface area contributed by atoms with E-state index in [0.29, 0.717) is 0 Å². The normalized spacial score (nSPS) is 15.2. The standard InChI is InChI=1S/C21H21NO4S3/c1-28(23,24)18-9-11-19(12-10-18)29(25,26)22-21(20-6-3-13-27-20)17-8-7-15-4-2-5-16(15)14-17/h3,6-14,21-22H,2,4-5H2,1H3/t21-/m1/s1. The maximum atomic E-state index is 13.0. The number of sulfone groups is 1. The highest BCUT2D eigenvalue weighted by molar-refractivity contribution is 7.90. The third kappa shape index (κ3) is 4.30. The second-order valence-corrected chi connectivity index (χ2v) is 11.9. The quantitative estimate of drug-likeness (QED) is 0.625. The van der Waals surface area contributed by atoms with E-state index >= 15 is 0 Å². The number of hydrogen-bond donors (Lipinski definition) is 1. The molecule has 2 aromatic carbocycles. The molecule has 152 valence electrons. The van der Waals surface area contributed by atoms with Crippen molar-refractivity contribution in [3.05, 3.63) is 81.5 Å². The topological polar surface area (TPSA) is 80.3 Å². The van der Waals surface area contributed by atoms with Crippen molar-refractivity contribution in [2.45, 2.75) is 35.1 Å². The van der Waals surface area contributed by atoms with E-state index in [4.69, 9.17) is 0 Å². The van der Waals surface area contributed by atoms with Crippen LogP contribution in [0.15, 0.2) is 69.8 Å². The van der Waals surface area contributed by atoms with E-state index in [1.807, 2.05) is 23.6 Å². The molecule has 3 aromatic rings. The molecule has 0 radical (unpaired) electrons. The van der Waals surface area contributed by atoms with Gasteiger partial charge in [-0.15, -0.1) is 11.3 Å².